The fourth-order valence-corrected chi connectivity index (χ4v) is 3.11. The molecule has 3 rings (SSSR count). The maximum absolute atomic E-state index is 12.3. The number of amides is 1. The number of aromatic amines is 1. The second-order valence-electron chi connectivity index (χ2n) is 6.85. The van der Waals surface area contributed by atoms with Crippen molar-refractivity contribution in [2.24, 2.45) is 5.92 Å². The smallest absolute Gasteiger partial charge is 0.306 e. The van der Waals surface area contributed by atoms with E-state index in [-0.39, 0.29) is 17.8 Å². The van der Waals surface area contributed by atoms with Crippen LogP contribution in [0.25, 0.3) is 11.1 Å². The Balaban J connectivity index is 1.72. The van der Waals surface area contributed by atoms with Crippen molar-refractivity contribution in [1.82, 2.24) is 15.3 Å². The van der Waals surface area contributed by atoms with Gasteiger partial charge in [0, 0.05) is 18.4 Å². The molecule has 0 bridgehead atoms. The number of benzene rings is 2. The molecule has 6 nitrogen and oxygen atoms in total. The molecule has 0 saturated carbocycles. The van der Waals surface area contributed by atoms with E-state index in [1.54, 1.807) is 13.1 Å². The quantitative estimate of drug-likeness (QED) is 0.560. The first-order valence-electron chi connectivity index (χ1n) is 9.20. The minimum Gasteiger partial charge on any atom is -0.481 e. The molecular weight excluding hydrogens is 354 g/mol. The van der Waals surface area contributed by atoms with Crippen LogP contribution in [-0.2, 0) is 11.2 Å². The van der Waals surface area contributed by atoms with Gasteiger partial charge < -0.3 is 15.4 Å². The summed E-state index contributed by atoms with van der Waals surface area (Å²) in [5.41, 5.74) is 3.28. The van der Waals surface area contributed by atoms with Gasteiger partial charge in [-0.1, -0.05) is 61.5 Å². The third-order valence-corrected chi connectivity index (χ3v) is 4.65. The highest BCUT2D eigenvalue weighted by Crippen LogP contribution is 2.20. The van der Waals surface area contributed by atoms with Crippen LogP contribution >= 0.6 is 0 Å². The number of imidazole rings is 1. The van der Waals surface area contributed by atoms with Crippen LogP contribution in [0, 0.1) is 5.92 Å². The van der Waals surface area contributed by atoms with E-state index in [4.69, 9.17) is 0 Å². The molecule has 1 unspecified atom stereocenters. The number of carbonyl (C=O) groups is 2. The number of carbonyl (C=O) groups excluding carboxylic acids is 1. The molecule has 0 saturated heterocycles. The molecule has 0 aliphatic heterocycles. The van der Waals surface area contributed by atoms with Gasteiger partial charge >= 0.3 is 5.97 Å². The van der Waals surface area contributed by atoms with Gasteiger partial charge in [0.2, 0.25) is 0 Å². The van der Waals surface area contributed by atoms with E-state index in [2.05, 4.69) is 27.4 Å². The molecule has 2 aromatic carbocycles. The van der Waals surface area contributed by atoms with Gasteiger partial charge in [0.1, 0.15) is 0 Å². The summed E-state index contributed by atoms with van der Waals surface area (Å²) >= 11 is 0. The monoisotopic (exact) mass is 377 g/mol. The number of aliphatic carboxylic acids is 1. The molecule has 1 aromatic heterocycles. The van der Waals surface area contributed by atoms with E-state index in [0.29, 0.717) is 12.8 Å². The Labute approximate surface area is 163 Å². The average Bonchev–Trinajstić information content (AvgIpc) is 3.24. The zero-order valence-corrected chi connectivity index (χ0v) is 15.6. The van der Waals surface area contributed by atoms with Gasteiger partial charge in [0.05, 0.1) is 5.92 Å². The first-order valence-corrected chi connectivity index (χ1v) is 9.20. The Morgan fingerprint density at radius 2 is 1.75 bits per heavy atom. The zero-order chi connectivity index (χ0) is 19.9. The van der Waals surface area contributed by atoms with Crippen LogP contribution in [0.1, 0.15) is 29.5 Å². The Bertz CT molecular complexity index is 906. The van der Waals surface area contributed by atoms with Gasteiger partial charge in [-0.05, 0) is 29.5 Å². The van der Waals surface area contributed by atoms with Crippen molar-refractivity contribution in [1.29, 1.82) is 0 Å². The third kappa shape index (κ3) is 5.07. The van der Waals surface area contributed by atoms with Crippen molar-refractivity contribution in [2.45, 2.75) is 25.8 Å². The number of carboxylic acid groups (broad SMARTS) is 1. The number of aromatic nitrogens is 2. The fraction of sp³-hybridized carbons (Fsp3) is 0.227. The van der Waals surface area contributed by atoms with Gasteiger partial charge in [0.25, 0.3) is 5.91 Å². The van der Waals surface area contributed by atoms with Crippen LogP contribution in [-0.4, -0.2) is 33.0 Å². The largest absolute Gasteiger partial charge is 0.481 e. The van der Waals surface area contributed by atoms with Crippen LogP contribution < -0.4 is 5.32 Å². The standard InChI is InChI=1S/C22H23N3O3/c1-15(22(27)28)13-19(25-21(26)20-23-11-12-24-20)14-16-7-9-18(10-8-16)17-5-3-2-4-6-17/h2-12,15,19H,13-14H2,1H3,(H,23,24)(H,25,26)(H,27,28)/t15-,19?/m1/s1. The lowest BCUT2D eigenvalue weighted by molar-refractivity contribution is -0.141. The van der Waals surface area contributed by atoms with Crippen LogP contribution in [0.3, 0.4) is 0 Å². The molecule has 0 radical (unpaired) electrons. The molecular formula is C22H23N3O3. The van der Waals surface area contributed by atoms with E-state index in [9.17, 15) is 14.7 Å². The maximum Gasteiger partial charge on any atom is 0.306 e. The topological polar surface area (TPSA) is 95.1 Å². The number of rotatable bonds is 8. The predicted molar refractivity (Wildman–Crippen MR) is 107 cm³/mol. The van der Waals surface area contributed by atoms with Gasteiger partial charge in [-0.2, -0.15) is 0 Å². The summed E-state index contributed by atoms with van der Waals surface area (Å²) in [6.45, 7) is 1.65. The third-order valence-electron chi connectivity index (χ3n) is 4.65. The van der Waals surface area contributed by atoms with Crippen molar-refractivity contribution < 1.29 is 14.7 Å². The van der Waals surface area contributed by atoms with Crippen molar-refractivity contribution >= 4 is 11.9 Å². The molecule has 1 heterocycles. The Kier molecular flexibility index (Phi) is 6.22. The van der Waals surface area contributed by atoms with Gasteiger partial charge in [0.15, 0.2) is 5.82 Å². The van der Waals surface area contributed by atoms with E-state index < -0.39 is 11.9 Å². The number of H-pyrrole nitrogens is 1. The molecule has 3 N–H and O–H groups in total. The van der Waals surface area contributed by atoms with E-state index in [0.717, 1.165) is 16.7 Å². The average molecular weight is 377 g/mol. The van der Waals surface area contributed by atoms with Crippen LogP contribution in [0.5, 0.6) is 0 Å². The maximum atomic E-state index is 12.3. The summed E-state index contributed by atoms with van der Waals surface area (Å²) in [6, 6.07) is 17.9. The fourth-order valence-electron chi connectivity index (χ4n) is 3.11. The Morgan fingerprint density at radius 1 is 1.07 bits per heavy atom. The molecule has 28 heavy (non-hydrogen) atoms. The molecule has 0 spiro atoms. The number of nitrogens with one attached hydrogen (secondary N) is 2. The summed E-state index contributed by atoms with van der Waals surface area (Å²) < 4.78 is 0. The summed E-state index contributed by atoms with van der Waals surface area (Å²) in [6.07, 6.45) is 3.96. The highest BCUT2D eigenvalue weighted by Gasteiger charge is 2.21. The number of carboxylic acids is 1. The molecule has 0 aliphatic carbocycles. The normalized spacial score (nSPS) is 12.9. The molecule has 3 aromatic rings. The van der Waals surface area contributed by atoms with Gasteiger partial charge in [-0.3, -0.25) is 9.59 Å². The second-order valence-corrected chi connectivity index (χ2v) is 6.85. The lowest BCUT2D eigenvalue weighted by atomic mass is 9.95. The van der Waals surface area contributed by atoms with Crippen molar-refractivity contribution in [3.8, 4) is 11.1 Å². The first kappa shape index (κ1) is 19.4. The van der Waals surface area contributed by atoms with Crippen molar-refractivity contribution in [2.75, 3.05) is 0 Å². The summed E-state index contributed by atoms with van der Waals surface area (Å²) in [5.74, 6) is -1.57. The highest BCUT2D eigenvalue weighted by atomic mass is 16.4. The lowest BCUT2D eigenvalue weighted by Crippen LogP contribution is -2.39. The van der Waals surface area contributed by atoms with Crippen LogP contribution in [0.15, 0.2) is 67.0 Å². The number of hydrogen-bond acceptors (Lipinski definition) is 3. The molecule has 6 heteroatoms. The van der Waals surface area contributed by atoms with E-state index >= 15 is 0 Å². The molecule has 1 amide bonds. The minimum atomic E-state index is -0.878. The molecule has 144 valence electrons. The SMILES string of the molecule is C[C@H](CC(Cc1ccc(-c2ccccc2)cc1)NC(=O)c1ncc[nH]1)C(=O)O. The summed E-state index contributed by atoms with van der Waals surface area (Å²) in [5, 5.41) is 12.2. The second kappa shape index (κ2) is 8.99. The molecule has 0 aliphatic rings. The van der Waals surface area contributed by atoms with E-state index in [1.807, 2.05) is 42.5 Å². The zero-order valence-electron chi connectivity index (χ0n) is 15.6. The molecule has 0 fully saturated rings. The Morgan fingerprint density at radius 3 is 2.36 bits per heavy atom. The summed E-state index contributed by atoms with van der Waals surface area (Å²) in [7, 11) is 0. The van der Waals surface area contributed by atoms with Gasteiger partial charge in [-0.25, -0.2) is 4.98 Å². The van der Waals surface area contributed by atoms with Gasteiger partial charge in [-0.15, -0.1) is 0 Å². The van der Waals surface area contributed by atoms with Crippen molar-refractivity contribution in [3.05, 3.63) is 78.4 Å². The summed E-state index contributed by atoms with van der Waals surface area (Å²) in [4.78, 5) is 30.3. The van der Waals surface area contributed by atoms with Crippen molar-refractivity contribution in [3.63, 3.8) is 0 Å². The lowest BCUT2D eigenvalue weighted by Gasteiger charge is -2.20. The Hall–Kier alpha value is -3.41. The minimum absolute atomic E-state index is 0.215. The van der Waals surface area contributed by atoms with E-state index in [1.165, 1.54) is 6.20 Å². The predicted octanol–water partition coefficient (Wildman–Crippen LogP) is 3.53. The highest BCUT2D eigenvalue weighted by molar-refractivity contribution is 5.90. The number of nitrogens with zero attached hydrogens (tertiary/aromatic N) is 1. The van der Waals surface area contributed by atoms with Crippen LogP contribution in [0.2, 0.25) is 0 Å². The molecule has 2 atom stereocenters. The first-order chi connectivity index (χ1) is 13.5. The number of hydrogen-bond donors (Lipinski definition) is 3. The van der Waals surface area contributed by atoms with Crippen LogP contribution in [0.4, 0.5) is 0 Å².